The Hall–Kier alpha value is -3.44. The Balaban J connectivity index is 1.22. The van der Waals surface area contributed by atoms with Gasteiger partial charge in [-0.1, -0.05) is 36.8 Å². The number of likely N-dealkylation sites (tertiary alicyclic amines) is 1. The summed E-state index contributed by atoms with van der Waals surface area (Å²) >= 11 is 1.46. The summed E-state index contributed by atoms with van der Waals surface area (Å²) in [6, 6.07) is 11.8. The van der Waals surface area contributed by atoms with Crippen molar-refractivity contribution in [2.45, 2.75) is 44.9 Å². The second-order valence-electron chi connectivity index (χ2n) is 8.88. The van der Waals surface area contributed by atoms with Crippen LogP contribution >= 0.6 is 11.3 Å². The van der Waals surface area contributed by atoms with Crippen molar-refractivity contribution in [1.29, 1.82) is 5.26 Å². The molecule has 4 rings (SSSR count). The molecule has 1 aromatic carbocycles. The predicted octanol–water partition coefficient (Wildman–Crippen LogP) is 4.32. The van der Waals surface area contributed by atoms with E-state index in [4.69, 9.17) is 4.74 Å². The molecule has 2 aromatic rings. The lowest BCUT2D eigenvalue weighted by atomic mass is 9.97. The third-order valence-electron chi connectivity index (χ3n) is 6.49. The average Bonchev–Trinajstić information content (AvgIpc) is 3.04. The Kier molecular flexibility index (Phi) is 8.32. The molecule has 8 heteroatoms. The number of hydrogen-bond donors (Lipinski definition) is 1. The van der Waals surface area contributed by atoms with Crippen molar-refractivity contribution in [3.63, 3.8) is 0 Å². The van der Waals surface area contributed by atoms with Crippen LogP contribution in [0, 0.1) is 17.2 Å². The van der Waals surface area contributed by atoms with Crippen LogP contribution in [0.1, 0.15) is 53.7 Å². The number of ether oxygens (including phenoxy) is 1. The highest BCUT2D eigenvalue weighted by atomic mass is 32.1. The van der Waals surface area contributed by atoms with E-state index in [0.29, 0.717) is 36.5 Å². The first-order valence-corrected chi connectivity index (χ1v) is 12.9. The number of rotatable bonds is 6. The fraction of sp³-hybridized carbons (Fsp3) is 0.407. The summed E-state index contributed by atoms with van der Waals surface area (Å²) in [5.74, 6) is -1.28. The van der Waals surface area contributed by atoms with Crippen molar-refractivity contribution in [1.82, 2.24) is 4.90 Å². The molecule has 0 bridgehead atoms. The number of thiophene rings is 1. The van der Waals surface area contributed by atoms with Crippen LogP contribution in [-0.4, -0.2) is 42.4 Å². The summed E-state index contributed by atoms with van der Waals surface area (Å²) in [7, 11) is 0. The molecule has 1 fully saturated rings. The van der Waals surface area contributed by atoms with E-state index in [1.54, 1.807) is 17.1 Å². The minimum Gasteiger partial charge on any atom is -0.455 e. The van der Waals surface area contributed by atoms with E-state index in [9.17, 15) is 19.6 Å². The maximum absolute atomic E-state index is 12.5. The molecule has 1 aliphatic heterocycles. The third kappa shape index (κ3) is 6.37. The summed E-state index contributed by atoms with van der Waals surface area (Å²) in [5, 5.41) is 12.9. The summed E-state index contributed by atoms with van der Waals surface area (Å²) < 4.78 is 5.27. The lowest BCUT2D eigenvalue weighted by Crippen LogP contribution is -2.40. The lowest BCUT2D eigenvalue weighted by molar-refractivity contribution is -0.153. The number of hydrogen-bond acceptors (Lipinski definition) is 6. The third-order valence-corrected chi connectivity index (χ3v) is 7.70. The molecule has 2 aliphatic rings. The van der Waals surface area contributed by atoms with Gasteiger partial charge in [0.2, 0.25) is 5.91 Å². The number of nitrogens with one attached hydrogen (secondary N) is 1. The van der Waals surface area contributed by atoms with Crippen LogP contribution in [0.4, 0.5) is 5.00 Å². The first-order valence-electron chi connectivity index (χ1n) is 12.1. The molecule has 0 unspecified atom stereocenters. The fourth-order valence-electron chi connectivity index (χ4n) is 4.54. The van der Waals surface area contributed by atoms with Gasteiger partial charge in [-0.25, -0.2) is 0 Å². The zero-order valence-electron chi connectivity index (χ0n) is 19.6. The van der Waals surface area contributed by atoms with Gasteiger partial charge in [0.15, 0.2) is 6.61 Å². The number of nitriles is 1. The molecule has 1 N–H and O–H groups in total. The highest BCUT2D eigenvalue weighted by Gasteiger charge is 2.28. The Morgan fingerprint density at radius 2 is 1.86 bits per heavy atom. The summed E-state index contributed by atoms with van der Waals surface area (Å²) in [5.41, 5.74) is 2.56. The van der Waals surface area contributed by atoms with Gasteiger partial charge in [0, 0.05) is 24.0 Å². The van der Waals surface area contributed by atoms with E-state index >= 15 is 0 Å². The Morgan fingerprint density at radius 1 is 1.11 bits per heavy atom. The van der Waals surface area contributed by atoms with Crippen molar-refractivity contribution < 1.29 is 19.1 Å². The van der Waals surface area contributed by atoms with Crippen molar-refractivity contribution >= 4 is 40.2 Å². The van der Waals surface area contributed by atoms with Crippen LogP contribution < -0.4 is 5.32 Å². The van der Waals surface area contributed by atoms with Crippen LogP contribution in [0.25, 0.3) is 6.08 Å². The number of aryl methyl sites for hydroxylation is 1. The van der Waals surface area contributed by atoms with Gasteiger partial charge in [0.05, 0.1) is 11.5 Å². The summed E-state index contributed by atoms with van der Waals surface area (Å²) in [4.78, 5) is 40.2. The van der Waals surface area contributed by atoms with Crippen LogP contribution in [0.2, 0.25) is 0 Å². The maximum atomic E-state index is 12.5. The van der Waals surface area contributed by atoms with Gasteiger partial charge >= 0.3 is 5.97 Å². The van der Waals surface area contributed by atoms with Crippen molar-refractivity contribution in [3.8, 4) is 6.07 Å². The monoisotopic (exact) mass is 491 g/mol. The highest BCUT2D eigenvalue weighted by molar-refractivity contribution is 7.16. The van der Waals surface area contributed by atoms with Gasteiger partial charge in [0.25, 0.3) is 5.91 Å². The molecule has 0 radical (unpaired) electrons. The van der Waals surface area contributed by atoms with Gasteiger partial charge in [-0.3, -0.25) is 14.4 Å². The SMILES string of the molecule is N#Cc1c(NC(=O)COC(=O)C2CCN(C(=O)/C=C/c3ccccc3)CC2)sc2c1CCCCC2. The molecule has 0 saturated carbocycles. The highest BCUT2D eigenvalue weighted by Crippen LogP contribution is 2.37. The molecule has 0 atom stereocenters. The van der Waals surface area contributed by atoms with Gasteiger partial charge < -0.3 is 15.0 Å². The molecule has 0 spiro atoms. The Morgan fingerprint density at radius 3 is 2.60 bits per heavy atom. The fourth-order valence-corrected chi connectivity index (χ4v) is 5.79. The molecule has 1 aromatic heterocycles. The lowest BCUT2D eigenvalue weighted by Gasteiger charge is -2.30. The molecule has 1 aliphatic carbocycles. The van der Waals surface area contributed by atoms with Crippen molar-refractivity contribution in [2.24, 2.45) is 5.92 Å². The number of nitrogens with zero attached hydrogens (tertiary/aromatic N) is 2. The molecule has 7 nitrogen and oxygen atoms in total. The number of fused-ring (bicyclic) bond motifs is 1. The quantitative estimate of drug-likeness (QED) is 0.369. The van der Waals surface area contributed by atoms with Crippen molar-refractivity contribution in [3.05, 3.63) is 58.0 Å². The number of amides is 2. The van der Waals surface area contributed by atoms with Crippen LogP contribution in [0.5, 0.6) is 0 Å². The van der Waals surface area contributed by atoms with Gasteiger partial charge in [-0.2, -0.15) is 5.26 Å². The van der Waals surface area contributed by atoms with Crippen LogP contribution in [0.15, 0.2) is 36.4 Å². The number of piperidine rings is 1. The van der Waals surface area contributed by atoms with E-state index in [1.165, 1.54) is 16.2 Å². The van der Waals surface area contributed by atoms with Crippen LogP contribution in [-0.2, 0) is 32.0 Å². The molecular weight excluding hydrogens is 462 g/mol. The molecule has 182 valence electrons. The standard InChI is InChI=1S/C27H29N3O4S/c28-17-22-21-9-5-2-6-10-23(21)35-26(22)29-24(31)18-34-27(33)20-13-15-30(16-14-20)25(32)12-11-19-7-3-1-4-8-19/h1,3-4,7-8,11-12,20H,2,5-6,9-10,13-16,18H2,(H,29,31)/b12-11+. The van der Waals surface area contributed by atoms with Gasteiger partial charge in [-0.15, -0.1) is 11.3 Å². The predicted molar refractivity (Wildman–Crippen MR) is 135 cm³/mol. The Bertz CT molecular complexity index is 1140. The molecule has 1 saturated heterocycles. The van der Waals surface area contributed by atoms with Gasteiger partial charge in [0.1, 0.15) is 11.1 Å². The van der Waals surface area contributed by atoms with E-state index < -0.39 is 11.9 Å². The van der Waals surface area contributed by atoms with E-state index in [2.05, 4.69) is 11.4 Å². The normalized spacial score (nSPS) is 16.3. The second kappa shape index (κ2) is 11.8. The van der Waals surface area contributed by atoms with E-state index in [0.717, 1.165) is 43.2 Å². The minimum atomic E-state index is -0.440. The number of carbonyl (C=O) groups is 3. The molecule has 35 heavy (non-hydrogen) atoms. The van der Waals surface area contributed by atoms with Crippen molar-refractivity contribution in [2.75, 3.05) is 25.0 Å². The second-order valence-corrected chi connectivity index (χ2v) is 9.99. The average molecular weight is 492 g/mol. The molecule has 2 amide bonds. The largest absolute Gasteiger partial charge is 0.455 e. The topological polar surface area (TPSA) is 99.5 Å². The smallest absolute Gasteiger partial charge is 0.309 e. The van der Waals surface area contributed by atoms with E-state index in [1.807, 2.05) is 30.3 Å². The van der Waals surface area contributed by atoms with Crippen LogP contribution in [0.3, 0.4) is 0 Å². The first-order chi connectivity index (χ1) is 17.0. The maximum Gasteiger partial charge on any atom is 0.309 e. The number of benzene rings is 1. The Labute approximate surface area is 209 Å². The number of carbonyl (C=O) groups excluding carboxylic acids is 3. The zero-order valence-corrected chi connectivity index (χ0v) is 20.4. The first kappa shape index (κ1) is 24.7. The summed E-state index contributed by atoms with van der Waals surface area (Å²) in [6.07, 6.45) is 9.44. The zero-order chi connectivity index (χ0) is 24.6. The van der Waals surface area contributed by atoms with E-state index in [-0.39, 0.29) is 18.4 Å². The molecular formula is C27H29N3O4S. The van der Waals surface area contributed by atoms with Gasteiger partial charge in [-0.05, 0) is 55.7 Å². The minimum absolute atomic E-state index is 0.0808. The summed E-state index contributed by atoms with van der Waals surface area (Å²) in [6.45, 7) is 0.553. The number of esters is 1. The molecule has 2 heterocycles. The number of anilines is 1.